The number of phenols is 1. The topological polar surface area (TPSA) is 180 Å². The van der Waals surface area contributed by atoms with Crippen molar-refractivity contribution in [1.29, 1.82) is 0 Å². The average molecular weight is 790 g/mol. The molecule has 15 heteroatoms. The number of likely N-dealkylation sites (N-methyl/N-ethyl adjacent to an activating group) is 1. The second-order valence-corrected chi connectivity index (χ2v) is 16.0. The number of carbonyl (C=O) groups is 4. The molecule has 1 aromatic heterocycles. The number of aliphatic carboxylic acids is 1. The summed E-state index contributed by atoms with van der Waals surface area (Å²) >= 11 is 1.25. The fourth-order valence-electron chi connectivity index (χ4n) is 6.95. The van der Waals surface area contributed by atoms with Gasteiger partial charge in [-0.25, -0.2) is 4.98 Å². The molecule has 308 valence electrons. The van der Waals surface area contributed by atoms with Crippen LogP contribution in [0.4, 0.5) is 0 Å². The van der Waals surface area contributed by atoms with E-state index in [2.05, 4.69) is 20.5 Å². The lowest BCUT2D eigenvalue weighted by atomic mass is 9.92. The smallest absolute Gasteiger partial charge is 0.306 e. The molecule has 0 saturated carbocycles. The SMILES string of the molecule is CCC(C)C(NC(=O)C1CCCCN1C)C(=O)N(CCOC)[C@H](C[C@@H](OCOC)c1nc(C(=O)N[C@@H](Cc2ccc(O)cc2)C[C@H](C)C(=O)O)cs1)C(C)C. The van der Waals surface area contributed by atoms with Gasteiger partial charge < -0.3 is 40.0 Å². The third-order valence-electron chi connectivity index (χ3n) is 10.5. The van der Waals surface area contributed by atoms with Crippen LogP contribution < -0.4 is 10.6 Å². The molecule has 3 rings (SSSR count). The van der Waals surface area contributed by atoms with Crippen molar-refractivity contribution in [1.82, 2.24) is 25.4 Å². The lowest BCUT2D eigenvalue weighted by Crippen LogP contribution is -2.59. The number of thiazole rings is 1. The number of ether oxygens (including phenoxy) is 3. The Hall–Kier alpha value is -3.63. The highest BCUT2D eigenvalue weighted by atomic mass is 32.1. The predicted molar refractivity (Wildman–Crippen MR) is 211 cm³/mol. The van der Waals surface area contributed by atoms with Crippen LogP contribution in [0.2, 0.25) is 0 Å². The molecular formula is C40H63N5O9S. The Labute approximate surface area is 330 Å². The summed E-state index contributed by atoms with van der Waals surface area (Å²) in [7, 11) is 5.05. The van der Waals surface area contributed by atoms with Gasteiger partial charge in [0.05, 0.1) is 18.6 Å². The average Bonchev–Trinajstić information content (AvgIpc) is 3.65. The van der Waals surface area contributed by atoms with Crippen molar-refractivity contribution in [3.05, 3.63) is 45.9 Å². The van der Waals surface area contributed by atoms with E-state index in [-0.39, 0.29) is 60.4 Å². The van der Waals surface area contributed by atoms with Gasteiger partial charge in [-0.2, -0.15) is 0 Å². The molecule has 7 atom stereocenters. The van der Waals surface area contributed by atoms with Crippen LogP contribution in [0.15, 0.2) is 29.6 Å². The first-order chi connectivity index (χ1) is 26.2. The summed E-state index contributed by atoms with van der Waals surface area (Å²) in [5.41, 5.74) is 0.988. The van der Waals surface area contributed by atoms with E-state index in [9.17, 15) is 29.4 Å². The van der Waals surface area contributed by atoms with Gasteiger partial charge in [0.15, 0.2) is 0 Å². The third kappa shape index (κ3) is 13.8. The summed E-state index contributed by atoms with van der Waals surface area (Å²) in [5, 5.41) is 27.6. The minimum absolute atomic E-state index is 0.0353. The van der Waals surface area contributed by atoms with Crippen LogP contribution in [0.25, 0.3) is 0 Å². The zero-order valence-electron chi connectivity index (χ0n) is 33.8. The maximum Gasteiger partial charge on any atom is 0.306 e. The number of carboxylic acid groups (broad SMARTS) is 1. The number of carbonyl (C=O) groups excluding carboxylic acids is 3. The Morgan fingerprint density at radius 3 is 2.35 bits per heavy atom. The maximum absolute atomic E-state index is 14.7. The molecule has 55 heavy (non-hydrogen) atoms. The first kappa shape index (κ1) is 45.8. The normalized spacial score (nSPS) is 18.2. The van der Waals surface area contributed by atoms with Crippen molar-refractivity contribution in [2.24, 2.45) is 17.8 Å². The number of benzene rings is 1. The van der Waals surface area contributed by atoms with E-state index in [4.69, 9.17) is 14.2 Å². The van der Waals surface area contributed by atoms with Gasteiger partial charge in [-0.1, -0.05) is 59.6 Å². The van der Waals surface area contributed by atoms with Gasteiger partial charge in [0.1, 0.15) is 35.4 Å². The highest BCUT2D eigenvalue weighted by Crippen LogP contribution is 2.32. The lowest BCUT2D eigenvalue weighted by Gasteiger charge is -2.40. The molecule has 1 aliphatic rings. The van der Waals surface area contributed by atoms with Gasteiger partial charge in [0, 0.05) is 44.6 Å². The van der Waals surface area contributed by atoms with E-state index in [0.29, 0.717) is 37.4 Å². The molecule has 0 aliphatic carbocycles. The van der Waals surface area contributed by atoms with Gasteiger partial charge >= 0.3 is 5.97 Å². The Morgan fingerprint density at radius 2 is 1.75 bits per heavy atom. The zero-order valence-corrected chi connectivity index (χ0v) is 34.6. The third-order valence-corrected chi connectivity index (χ3v) is 11.5. The van der Waals surface area contributed by atoms with E-state index in [1.54, 1.807) is 48.6 Å². The van der Waals surface area contributed by atoms with Crippen molar-refractivity contribution >= 4 is 35.0 Å². The highest BCUT2D eigenvalue weighted by molar-refractivity contribution is 7.09. The van der Waals surface area contributed by atoms with Crippen LogP contribution in [0.3, 0.4) is 0 Å². The van der Waals surface area contributed by atoms with Crippen molar-refractivity contribution in [3.63, 3.8) is 0 Å². The number of aromatic hydroxyl groups is 1. The molecule has 3 amide bonds. The van der Waals surface area contributed by atoms with E-state index in [1.165, 1.54) is 18.4 Å². The maximum atomic E-state index is 14.7. The molecule has 4 N–H and O–H groups in total. The number of rotatable bonds is 23. The van der Waals surface area contributed by atoms with Crippen LogP contribution in [0, 0.1) is 17.8 Å². The molecule has 0 spiro atoms. The van der Waals surface area contributed by atoms with Gasteiger partial charge in [-0.3, -0.25) is 24.1 Å². The molecular weight excluding hydrogens is 727 g/mol. The molecule has 2 heterocycles. The van der Waals surface area contributed by atoms with Crippen LogP contribution in [-0.4, -0.2) is 121 Å². The minimum Gasteiger partial charge on any atom is -0.508 e. The minimum atomic E-state index is -0.966. The largest absolute Gasteiger partial charge is 0.508 e. The molecule has 1 aromatic carbocycles. The summed E-state index contributed by atoms with van der Waals surface area (Å²) in [6.45, 7) is 11.0. The van der Waals surface area contributed by atoms with Gasteiger partial charge in [-0.15, -0.1) is 11.3 Å². The summed E-state index contributed by atoms with van der Waals surface area (Å²) in [6, 6.07) is 4.67. The molecule has 3 unspecified atom stereocenters. The number of hydrogen-bond acceptors (Lipinski definition) is 11. The number of piperidine rings is 1. The first-order valence-corrected chi connectivity index (χ1v) is 20.3. The van der Waals surface area contributed by atoms with Crippen molar-refractivity contribution < 1.29 is 43.6 Å². The lowest BCUT2D eigenvalue weighted by molar-refractivity contribution is -0.144. The number of hydrogen-bond donors (Lipinski definition) is 4. The molecule has 2 aromatic rings. The summed E-state index contributed by atoms with van der Waals surface area (Å²) in [6.07, 6.45) is 3.68. The molecule has 14 nitrogen and oxygen atoms in total. The van der Waals surface area contributed by atoms with Crippen LogP contribution in [0.1, 0.15) is 100 Å². The second-order valence-electron chi connectivity index (χ2n) is 15.1. The number of amides is 3. The first-order valence-electron chi connectivity index (χ1n) is 19.4. The number of likely N-dealkylation sites (tertiary alicyclic amines) is 1. The number of phenolic OH excluding ortho intramolecular Hbond substituents is 1. The Kier molecular flexibility index (Phi) is 19.0. The summed E-state index contributed by atoms with van der Waals surface area (Å²) in [5.74, 6) is -2.50. The second kappa shape index (κ2) is 22.8. The van der Waals surface area contributed by atoms with E-state index in [1.807, 2.05) is 34.7 Å². The van der Waals surface area contributed by atoms with Gasteiger partial charge in [0.2, 0.25) is 11.8 Å². The molecule has 0 radical (unpaired) electrons. The monoisotopic (exact) mass is 789 g/mol. The summed E-state index contributed by atoms with van der Waals surface area (Å²) in [4.78, 5) is 62.1. The Morgan fingerprint density at radius 1 is 1.04 bits per heavy atom. The van der Waals surface area contributed by atoms with E-state index >= 15 is 0 Å². The predicted octanol–water partition coefficient (Wildman–Crippen LogP) is 4.87. The standard InChI is InChI=1S/C40H63N5O9S/c1-9-26(4)35(43-37(48)32-12-10-11-17-44(32)6)39(49)45(18-19-52-7)33(25(2)3)22-34(54-24-53-8)38-42-31(23-55-38)36(47)41-29(20-27(5)40(50)51)21-28-13-15-30(46)16-14-28/h13-16,23,25-27,29,32-35,46H,9-12,17-22,24H2,1-8H3,(H,41,47)(H,43,48)(H,50,51)/t26?,27-,29+,32?,33+,34+,35?/m0/s1. The molecule has 1 fully saturated rings. The highest BCUT2D eigenvalue weighted by Gasteiger charge is 2.38. The summed E-state index contributed by atoms with van der Waals surface area (Å²) < 4.78 is 16.9. The molecule has 0 bridgehead atoms. The van der Waals surface area contributed by atoms with E-state index < -0.39 is 36.0 Å². The van der Waals surface area contributed by atoms with E-state index in [0.717, 1.165) is 31.4 Å². The van der Waals surface area contributed by atoms with Crippen molar-refractivity contribution in [2.45, 2.75) is 110 Å². The fourth-order valence-corrected chi connectivity index (χ4v) is 7.81. The van der Waals surface area contributed by atoms with Gasteiger partial charge in [0.25, 0.3) is 5.91 Å². The van der Waals surface area contributed by atoms with Crippen LogP contribution in [0.5, 0.6) is 5.75 Å². The van der Waals surface area contributed by atoms with Crippen molar-refractivity contribution in [3.8, 4) is 5.75 Å². The molecule has 1 aliphatic heterocycles. The quantitative estimate of drug-likeness (QED) is 0.113. The van der Waals surface area contributed by atoms with Crippen LogP contribution >= 0.6 is 11.3 Å². The number of methoxy groups -OCH3 is 2. The molecule has 1 saturated heterocycles. The number of nitrogens with one attached hydrogen (secondary N) is 2. The van der Waals surface area contributed by atoms with Gasteiger partial charge in [-0.05, 0) is 68.8 Å². The number of carboxylic acids is 1. The number of aromatic nitrogens is 1. The van der Waals surface area contributed by atoms with Crippen LogP contribution in [-0.2, 0) is 35.0 Å². The number of nitrogens with zero attached hydrogens (tertiary/aromatic N) is 3. The zero-order chi connectivity index (χ0) is 40.7. The fraction of sp³-hybridized carbons (Fsp3) is 0.675. The van der Waals surface area contributed by atoms with Crippen molar-refractivity contribution in [2.75, 3.05) is 47.8 Å². The Bertz CT molecular complexity index is 1510. The Balaban J connectivity index is 1.89.